The van der Waals surface area contributed by atoms with Crippen LogP contribution < -0.4 is 10.9 Å². The van der Waals surface area contributed by atoms with Gasteiger partial charge in [0.1, 0.15) is 0 Å². The molecule has 110 valence electrons. The Morgan fingerprint density at radius 3 is 1.12 bits per heavy atom. The van der Waals surface area contributed by atoms with Crippen molar-refractivity contribution in [2.24, 2.45) is 0 Å². The summed E-state index contributed by atoms with van der Waals surface area (Å²) in [5, 5.41) is 0. The van der Waals surface area contributed by atoms with Gasteiger partial charge in [-0.3, -0.25) is 4.70 Å². The number of rotatable bonds is 9. The molecule has 4 heteroatoms. The number of unbranched alkanes of at least 4 members (excludes halogenated alkanes) is 3. The summed E-state index contributed by atoms with van der Waals surface area (Å²) >= 11 is 0. The third-order valence-corrected chi connectivity index (χ3v) is 7.34. The molecule has 0 spiro atoms. The maximum atomic E-state index is 2.62. The van der Waals surface area contributed by atoms with E-state index in [1.54, 1.807) is 18.5 Å². The molecule has 0 atom stereocenters. The summed E-state index contributed by atoms with van der Waals surface area (Å²) in [6, 6.07) is 0. The van der Waals surface area contributed by atoms with E-state index in [-0.39, 0.29) is 15.6 Å². The fourth-order valence-electron chi connectivity index (χ4n) is 1.95. The Hall–Kier alpha value is 0.250. The van der Waals surface area contributed by atoms with Gasteiger partial charge in [-0.2, -0.15) is 0 Å². The highest BCUT2D eigenvalue weighted by Gasteiger charge is 2.28. The van der Waals surface area contributed by atoms with Crippen LogP contribution in [0.1, 0.15) is 59.3 Å². The van der Waals surface area contributed by atoms with Crippen LogP contribution in [0, 0.1) is 0 Å². The summed E-state index contributed by atoms with van der Waals surface area (Å²) in [6.07, 6.45) is 13.2. The summed E-state index contributed by atoms with van der Waals surface area (Å²) in [6.45, 7) is 9.59. The molecule has 0 aliphatic rings. The van der Waals surface area contributed by atoms with E-state index in [0.717, 1.165) is 0 Å². The van der Waals surface area contributed by atoms with Crippen molar-refractivity contribution in [3.05, 3.63) is 0 Å². The average Bonchev–Trinajstić information content (AvgIpc) is 2.21. The summed E-state index contributed by atoms with van der Waals surface area (Å²) in [5.74, 6) is 0. The van der Waals surface area contributed by atoms with E-state index in [4.69, 9.17) is 0 Å². The monoisotopic (exact) mass is 273 g/mol. The van der Waals surface area contributed by atoms with Crippen molar-refractivity contribution < 1.29 is 9.41 Å². The lowest BCUT2D eigenvalue weighted by atomic mass is 10.4. The summed E-state index contributed by atoms with van der Waals surface area (Å²) in [7, 11) is -0.519. The van der Waals surface area contributed by atoms with E-state index in [1.165, 1.54) is 38.5 Å². The van der Waals surface area contributed by atoms with Crippen LogP contribution in [0.3, 0.4) is 0 Å². The first kappa shape index (κ1) is 25.9. The van der Waals surface area contributed by atoms with Crippen molar-refractivity contribution in [2.45, 2.75) is 59.3 Å². The van der Waals surface area contributed by atoms with E-state index in [0.29, 0.717) is 0 Å². The molecule has 0 rings (SSSR count). The summed E-state index contributed by atoms with van der Waals surface area (Å²) in [4.78, 5) is 0. The lowest BCUT2D eigenvalue weighted by Gasteiger charge is -2.22. The Morgan fingerprint density at radius 1 is 0.706 bits per heavy atom. The topological polar surface area (TPSA) is 35.0 Å². The van der Waals surface area contributed by atoms with Crippen molar-refractivity contribution >= 4 is 7.26 Å². The third kappa shape index (κ3) is 14.2. The minimum absolute atomic E-state index is 0. The second kappa shape index (κ2) is 16.2. The van der Waals surface area contributed by atoms with E-state index in [1.807, 2.05) is 0 Å². The molecule has 0 heterocycles. The molecule has 0 aliphatic heterocycles. The predicted octanol–water partition coefficient (Wildman–Crippen LogP) is 2.35. The van der Waals surface area contributed by atoms with Crippen molar-refractivity contribution in [3.63, 3.8) is 0 Å². The van der Waals surface area contributed by atoms with Crippen molar-refractivity contribution in [3.8, 4) is 0 Å². The van der Waals surface area contributed by atoms with Crippen molar-refractivity contribution in [2.75, 3.05) is 25.2 Å². The van der Waals surface area contributed by atoms with Crippen molar-refractivity contribution in [1.82, 2.24) is 6.15 Å². The molecule has 0 radical (unpaired) electrons. The summed E-state index contributed by atoms with van der Waals surface area (Å²) < 4.78 is 0. The fraction of sp³-hybridized carbons (Fsp3) is 1.00. The molecule has 0 aromatic rings. The van der Waals surface area contributed by atoms with Crippen LogP contribution in [0.15, 0.2) is 0 Å². The molecule has 0 aromatic heterocycles. The van der Waals surface area contributed by atoms with Gasteiger partial charge in [-0.25, -0.2) is 0 Å². The molecule has 0 aromatic carbocycles. The second-order valence-electron chi connectivity index (χ2n) is 4.85. The Balaban J connectivity index is -0.000000282. The SMILES string of the molecule is CCCC[P+](C)(CCCC)CCCC.F.N.[F-]. The van der Waals surface area contributed by atoms with E-state index in [9.17, 15) is 0 Å². The van der Waals surface area contributed by atoms with Crippen LogP contribution in [0.5, 0.6) is 0 Å². The number of hydrogen-bond donors (Lipinski definition) is 1. The fourth-order valence-corrected chi connectivity index (χ4v) is 5.86. The van der Waals surface area contributed by atoms with Gasteiger partial charge in [0, 0.05) is 13.9 Å². The first-order valence-corrected chi connectivity index (χ1v) is 9.31. The van der Waals surface area contributed by atoms with Gasteiger partial charge in [-0.05, 0) is 19.3 Å². The molecule has 0 amide bonds. The molecule has 0 bridgehead atoms. The van der Waals surface area contributed by atoms with Crippen LogP contribution in [-0.2, 0) is 0 Å². The van der Waals surface area contributed by atoms with Crippen LogP contribution >= 0.6 is 7.26 Å². The predicted molar refractivity (Wildman–Crippen MR) is 79.7 cm³/mol. The minimum Gasteiger partial charge on any atom is -1.00 e. The molecule has 0 saturated carbocycles. The van der Waals surface area contributed by atoms with Crippen LogP contribution in [0.2, 0.25) is 0 Å². The Bertz CT molecular complexity index is 113. The zero-order valence-corrected chi connectivity index (χ0v) is 13.2. The van der Waals surface area contributed by atoms with Crippen LogP contribution in [-0.4, -0.2) is 25.2 Å². The smallest absolute Gasteiger partial charge is 0.0591 e. The van der Waals surface area contributed by atoms with E-state index >= 15 is 0 Å². The van der Waals surface area contributed by atoms with Gasteiger partial charge in [0.2, 0.25) is 0 Å². The Morgan fingerprint density at radius 2 is 0.941 bits per heavy atom. The second-order valence-corrected chi connectivity index (χ2v) is 9.43. The highest BCUT2D eigenvalue weighted by atomic mass is 31.2. The van der Waals surface area contributed by atoms with E-state index < -0.39 is 7.26 Å². The molecule has 0 saturated heterocycles. The maximum Gasteiger partial charge on any atom is 0.0591 e. The first-order chi connectivity index (χ1) is 6.68. The molecular formula is C13H34F2NP. The van der Waals surface area contributed by atoms with Gasteiger partial charge in [0.25, 0.3) is 0 Å². The molecule has 3 N–H and O–H groups in total. The van der Waals surface area contributed by atoms with Gasteiger partial charge >= 0.3 is 0 Å². The minimum atomic E-state index is -0.519. The average molecular weight is 273 g/mol. The lowest BCUT2D eigenvalue weighted by molar-refractivity contribution is -0.00000475. The number of halogens is 2. The summed E-state index contributed by atoms with van der Waals surface area (Å²) in [5.41, 5.74) is 0. The zero-order chi connectivity index (χ0) is 10.9. The highest BCUT2D eigenvalue weighted by molar-refractivity contribution is 7.75. The normalized spacial score (nSPS) is 9.88. The number of hydrogen-bond acceptors (Lipinski definition) is 1. The van der Waals surface area contributed by atoms with Gasteiger partial charge in [0.05, 0.1) is 18.5 Å². The Kier molecular flexibility index (Phi) is 24.8. The zero-order valence-electron chi connectivity index (χ0n) is 12.3. The molecule has 0 unspecified atom stereocenters. The van der Waals surface area contributed by atoms with Crippen molar-refractivity contribution in [1.29, 1.82) is 0 Å². The quantitative estimate of drug-likeness (QED) is 0.643. The van der Waals surface area contributed by atoms with Gasteiger partial charge in [-0.1, -0.05) is 40.0 Å². The molecule has 0 fully saturated rings. The maximum absolute atomic E-state index is 2.62. The van der Waals surface area contributed by atoms with Gasteiger partial charge in [0.15, 0.2) is 0 Å². The molecule has 17 heavy (non-hydrogen) atoms. The van der Waals surface area contributed by atoms with E-state index in [2.05, 4.69) is 27.4 Å². The van der Waals surface area contributed by atoms with Crippen LogP contribution in [0.4, 0.5) is 4.70 Å². The van der Waals surface area contributed by atoms with Crippen LogP contribution in [0.25, 0.3) is 0 Å². The Labute approximate surface area is 108 Å². The third-order valence-electron chi connectivity index (χ3n) is 3.15. The molecular weight excluding hydrogens is 239 g/mol. The standard InChI is InChI=1S/C13H30P.2FH.H3N/c1-5-8-11-14(4,12-9-6-2)13-10-7-3;;;/h5-13H2,1-4H3;2*1H;1H3/q+1;;;/p-1. The molecule has 1 nitrogen and oxygen atoms in total. The van der Waals surface area contributed by atoms with Gasteiger partial charge < -0.3 is 10.9 Å². The molecule has 0 aliphatic carbocycles. The lowest BCUT2D eigenvalue weighted by Crippen LogP contribution is -3.00. The first-order valence-electron chi connectivity index (χ1n) is 6.52. The largest absolute Gasteiger partial charge is 1.00 e. The van der Waals surface area contributed by atoms with Gasteiger partial charge in [-0.15, -0.1) is 0 Å². The highest BCUT2D eigenvalue weighted by Crippen LogP contribution is 2.57.